The van der Waals surface area contributed by atoms with Crippen LogP contribution in [0.4, 0.5) is 0 Å². The van der Waals surface area contributed by atoms with E-state index in [9.17, 15) is 18.3 Å². The molecule has 6 rings (SSSR count). The lowest BCUT2D eigenvalue weighted by molar-refractivity contribution is -0.140. The number of unbranched alkanes of at least 4 members (excludes halogenated alkanes) is 1. The van der Waals surface area contributed by atoms with Crippen LogP contribution < -0.4 is 0 Å². The Balaban J connectivity index is 1.16. The molecule has 1 N–H and O–H groups in total. The number of hydrogen-bond donors (Lipinski definition) is 1. The van der Waals surface area contributed by atoms with Crippen molar-refractivity contribution in [2.75, 3.05) is 6.54 Å². The van der Waals surface area contributed by atoms with Crippen molar-refractivity contribution in [1.29, 1.82) is 0 Å². The molecule has 2 heterocycles. The summed E-state index contributed by atoms with van der Waals surface area (Å²) in [6, 6.07) is 31.4. The second-order valence-corrected chi connectivity index (χ2v) is 13.5. The van der Waals surface area contributed by atoms with E-state index in [1.165, 1.54) is 11.1 Å². The Morgan fingerprint density at radius 3 is 2.24 bits per heavy atom. The number of benzene rings is 4. The van der Waals surface area contributed by atoms with Crippen LogP contribution in [0.2, 0.25) is 0 Å². The van der Waals surface area contributed by atoms with Crippen molar-refractivity contribution < 1.29 is 27.5 Å². The van der Waals surface area contributed by atoms with Crippen LogP contribution in [0.5, 0.6) is 0 Å². The summed E-state index contributed by atoms with van der Waals surface area (Å²) >= 11 is 0. The Hall–Kier alpha value is -4.24. The maximum absolute atomic E-state index is 13.6. The first-order valence-electron chi connectivity index (χ1n) is 15.4. The van der Waals surface area contributed by atoms with Crippen LogP contribution in [0, 0.1) is 0 Å². The lowest BCUT2D eigenvalue weighted by Crippen LogP contribution is -2.40. The van der Waals surface area contributed by atoms with Crippen LogP contribution in [0.25, 0.3) is 22.1 Å². The van der Waals surface area contributed by atoms with Crippen molar-refractivity contribution in [3.63, 3.8) is 0 Å². The summed E-state index contributed by atoms with van der Waals surface area (Å²) in [5.41, 5.74) is 6.10. The van der Waals surface area contributed by atoms with E-state index in [0.29, 0.717) is 0 Å². The van der Waals surface area contributed by atoms with Gasteiger partial charge in [0.1, 0.15) is 17.4 Å². The zero-order valence-electron chi connectivity index (χ0n) is 25.3. The third-order valence-electron chi connectivity index (χ3n) is 8.50. The first-order chi connectivity index (χ1) is 21.8. The van der Waals surface area contributed by atoms with E-state index in [1.807, 2.05) is 60.7 Å². The number of hydrogen-bond acceptors (Lipinski definition) is 5. The third-order valence-corrected chi connectivity index (χ3v) is 10.4. The van der Waals surface area contributed by atoms with Gasteiger partial charge in [-0.05, 0) is 46.9 Å². The van der Waals surface area contributed by atoms with Crippen LogP contribution in [0.1, 0.15) is 48.6 Å². The average molecular weight is 624 g/mol. The Bertz CT molecular complexity index is 1860. The lowest BCUT2D eigenvalue weighted by Gasteiger charge is -2.21. The molecule has 5 aromatic rings. The molecule has 232 valence electrons. The molecule has 1 aromatic heterocycles. The second-order valence-electron chi connectivity index (χ2n) is 11.6. The fourth-order valence-electron chi connectivity index (χ4n) is 6.02. The first kappa shape index (κ1) is 30.8. The highest BCUT2D eigenvalue weighted by Crippen LogP contribution is 2.32. The zero-order valence-corrected chi connectivity index (χ0v) is 26.1. The fourth-order valence-corrected chi connectivity index (χ4v) is 7.65. The topological polar surface area (TPSA) is 97.0 Å². The third kappa shape index (κ3) is 6.73. The first-order valence-corrected chi connectivity index (χ1v) is 16.9. The number of carbonyl (C=O) groups is 1. The van der Waals surface area contributed by atoms with Crippen molar-refractivity contribution in [3.8, 4) is 11.1 Å². The SMILES string of the molecule is CCCCc1oc2ccccc2c1Cc1ccc(-c2ccc(S(=O)(=O)N3CC(OCc4ccccc4)CC3C(=O)O)cc2)cc1. The number of nitrogens with zero attached hydrogens (tertiary/aromatic N) is 1. The van der Waals surface area contributed by atoms with Crippen molar-refractivity contribution >= 4 is 27.0 Å². The van der Waals surface area contributed by atoms with Gasteiger partial charge in [-0.1, -0.05) is 98.3 Å². The second kappa shape index (κ2) is 13.4. The molecule has 2 unspecified atom stereocenters. The summed E-state index contributed by atoms with van der Waals surface area (Å²) in [4.78, 5) is 12.1. The van der Waals surface area contributed by atoms with Gasteiger partial charge in [0.15, 0.2) is 0 Å². The molecular formula is C37H37NO6S. The van der Waals surface area contributed by atoms with Gasteiger partial charge in [0.05, 0.1) is 17.6 Å². The molecule has 0 spiro atoms. The van der Waals surface area contributed by atoms with E-state index in [-0.39, 0.29) is 24.5 Å². The molecule has 2 atom stereocenters. The van der Waals surface area contributed by atoms with E-state index >= 15 is 0 Å². The van der Waals surface area contributed by atoms with E-state index in [1.54, 1.807) is 24.3 Å². The lowest BCUT2D eigenvalue weighted by atomic mass is 9.97. The molecule has 1 fully saturated rings. The van der Waals surface area contributed by atoms with Gasteiger partial charge in [0.25, 0.3) is 0 Å². The predicted molar refractivity (Wildman–Crippen MR) is 174 cm³/mol. The Morgan fingerprint density at radius 1 is 0.889 bits per heavy atom. The Morgan fingerprint density at radius 2 is 1.56 bits per heavy atom. The van der Waals surface area contributed by atoms with Gasteiger partial charge in [-0.15, -0.1) is 0 Å². The molecule has 4 aromatic carbocycles. The van der Waals surface area contributed by atoms with Crippen molar-refractivity contribution in [2.24, 2.45) is 0 Å². The van der Waals surface area contributed by atoms with Crippen LogP contribution in [0.15, 0.2) is 112 Å². The summed E-state index contributed by atoms with van der Waals surface area (Å²) in [5, 5.41) is 11.0. The largest absolute Gasteiger partial charge is 0.480 e. The smallest absolute Gasteiger partial charge is 0.322 e. The molecule has 0 amide bonds. The van der Waals surface area contributed by atoms with Gasteiger partial charge in [-0.3, -0.25) is 4.79 Å². The molecule has 0 saturated carbocycles. The molecule has 0 bridgehead atoms. The molecule has 45 heavy (non-hydrogen) atoms. The number of sulfonamides is 1. The van der Waals surface area contributed by atoms with Gasteiger partial charge in [-0.25, -0.2) is 8.42 Å². The standard InChI is InChI=1S/C37H37NO6S/c1-2-3-12-36-33(32-11-7-8-13-35(32)44-36)22-26-14-16-28(17-15-26)29-18-20-31(21-19-29)45(41,42)38-24-30(23-34(38)37(39)40)43-25-27-9-5-4-6-10-27/h4-11,13-21,30,34H,2-3,12,22-25H2,1H3,(H,39,40). The van der Waals surface area contributed by atoms with Crippen molar-refractivity contribution in [1.82, 2.24) is 4.31 Å². The van der Waals surface area contributed by atoms with Gasteiger partial charge in [-0.2, -0.15) is 4.31 Å². The molecule has 1 aliphatic rings. The molecule has 1 aliphatic heterocycles. The number of carboxylic acid groups (broad SMARTS) is 1. The number of rotatable bonds is 12. The Kier molecular flexibility index (Phi) is 9.16. The number of aryl methyl sites for hydroxylation is 1. The molecular weight excluding hydrogens is 586 g/mol. The summed E-state index contributed by atoms with van der Waals surface area (Å²) in [5.74, 6) is -0.127. The average Bonchev–Trinajstić information content (AvgIpc) is 3.66. The summed E-state index contributed by atoms with van der Waals surface area (Å²) in [7, 11) is -4.05. The van der Waals surface area contributed by atoms with Crippen molar-refractivity contribution in [2.45, 2.75) is 62.7 Å². The van der Waals surface area contributed by atoms with Gasteiger partial charge < -0.3 is 14.3 Å². The van der Waals surface area contributed by atoms with Gasteiger partial charge in [0, 0.05) is 36.8 Å². The minimum Gasteiger partial charge on any atom is -0.480 e. The van der Waals surface area contributed by atoms with Crippen LogP contribution >= 0.6 is 0 Å². The maximum Gasteiger partial charge on any atom is 0.322 e. The molecule has 8 heteroatoms. The molecule has 0 radical (unpaired) electrons. The Labute approximate surface area is 264 Å². The monoisotopic (exact) mass is 623 g/mol. The van der Waals surface area contributed by atoms with Crippen molar-refractivity contribution in [3.05, 3.63) is 126 Å². The highest BCUT2D eigenvalue weighted by atomic mass is 32.2. The van der Waals surface area contributed by atoms with Crippen LogP contribution in [0.3, 0.4) is 0 Å². The summed E-state index contributed by atoms with van der Waals surface area (Å²) in [6.07, 6.45) is 3.45. The number of carboxylic acids is 1. The van der Waals surface area contributed by atoms with Crippen LogP contribution in [-0.4, -0.2) is 42.5 Å². The highest BCUT2D eigenvalue weighted by Gasteiger charge is 2.44. The fraction of sp³-hybridized carbons (Fsp3) is 0.270. The molecule has 1 saturated heterocycles. The number of para-hydroxylation sites is 1. The minimum absolute atomic E-state index is 0.0124. The van der Waals surface area contributed by atoms with Gasteiger partial charge in [0.2, 0.25) is 10.0 Å². The highest BCUT2D eigenvalue weighted by molar-refractivity contribution is 7.89. The molecule has 0 aliphatic carbocycles. The molecule has 7 nitrogen and oxygen atoms in total. The van der Waals surface area contributed by atoms with E-state index in [4.69, 9.17) is 9.15 Å². The summed E-state index contributed by atoms with van der Waals surface area (Å²) in [6.45, 7) is 2.46. The van der Waals surface area contributed by atoms with Crippen LogP contribution in [-0.2, 0) is 39.0 Å². The minimum atomic E-state index is -4.05. The number of fused-ring (bicyclic) bond motifs is 1. The normalized spacial score (nSPS) is 17.2. The summed E-state index contributed by atoms with van der Waals surface area (Å²) < 4.78 is 40.4. The van der Waals surface area contributed by atoms with E-state index in [0.717, 1.165) is 63.4 Å². The number of furan rings is 1. The van der Waals surface area contributed by atoms with E-state index < -0.39 is 28.1 Å². The number of ether oxygens (including phenoxy) is 1. The van der Waals surface area contributed by atoms with E-state index in [2.05, 4.69) is 25.1 Å². The van der Waals surface area contributed by atoms with Gasteiger partial charge >= 0.3 is 5.97 Å². The zero-order chi connectivity index (χ0) is 31.4. The predicted octanol–water partition coefficient (Wildman–Crippen LogP) is 7.47. The maximum atomic E-state index is 13.6. The quantitative estimate of drug-likeness (QED) is 0.155. The number of aliphatic carboxylic acids is 1.